The number of amides is 1. The van der Waals surface area contributed by atoms with Crippen molar-refractivity contribution in [1.29, 1.82) is 0 Å². The second-order valence-electron chi connectivity index (χ2n) is 4.44. The standard InChI is InChI=1S/C15H19N3O4/c1-20-10-8-16-15(19)14-7-9-18(17-14)11-22-13-5-3-12(21-2)4-6-13/h3-7,9H,8,10-11H2,1-2H3,(H,16,19). The molecule has 0 saturated heterocycles. The minimum absolute atomic E-state index is 0.220. The van der Waals surface area contributed by atoms with Gasteiger partial charge in [0, 0.05) is 19.9 Å². The van der Waals surface area contributed by atoms with Gasteiger partial charge < -0.3 is 19.5 Å². The average molecular weight is 305 g/mol. The Bertz CT molecular complexity index is 595. The summed E-state index contributed by atoms with van der Waals surface area (Å²) in [5.41, 5.74) is 0.342. The predicted molar refractivity (Wildman–Crippen MR) is 80.1 cm³/mol. The van der Waals surface area contributed by atoms with Gasteiger partial charge in [0.1, 0.15) is 17.2 Å². The topological polar surface area (TPSA) is 74.6 Å². The van der Waals surface area contributed by atoms with Crippen LogP contribution in [0.15, 0.2) is 36.5 Å². The van der Waals surface area contributed by atoms with Gasteiger partial charge in [0.15, 0.2) is 6.73 Å². The van der Waals surface area contributed by atoms with Crippen molar-refractivity contribution >= 4 is 5.91 Å². The van der Waals surface area contributed by atoms with Gasteiger partial charge >= 0.3 is 0 Å². The number of rotatable bonds is 8. The maximum atomic E-state index is 11.8. The maximum absolute atomic E-state index is 11.8. The van der Waals surface area contributed by atoms with Gasteiger partial charge in [-0.3, -0.25) is 4.79 Å². The summed E-state index contributed by atoms with van der Waals surface area (Å²) in [4.78, 5) is 11.8. The van der Waals surface area contributed by atoms with Gasteiger partial charge in [-0.15, -0.1) is 0 Å². The number of methoxy groups -OCH3 is 2. The predicted octanol–water partition coefficient (Wildman–Crippen LogP) is 1.30. The highest BCUT2D eigenvalue weighted by Crippen LogP contribution is 2.17. The number of ether oxygens (including phenoxy) is 3. The van der Waals surface area contributed by atoms with Crippen LogP contribution in [0.25, 0.3) is 0 Å². The van der Waals surface area contributed by atoms with Crippen LogP contribution in [-0.4, -0.2) is 43.1 Å². The normalized spacial score (nSPS) is 10.3. The van der Waals surface area contributed by atoms with E-state index >= 15 is 0 Å². The lowest BCUT2D eigenvalue weighted by molar-refractivity contribution is 0.0930. The summed E-state index contributed by atoms with van der Waals surface area (Å²) < 4.78 is 17.1. The summed E-state index contributed by atoms with van der Waals surface area (Å²) in [5, 5.41) is 6.86. The van der Waals surface area contributed by atoms with E-state index in [0.29, 0.717) is 24.6 Å². The number of carbonyl (C=O) groups excluding carboxylic acids is 1. The van der Waals surface area contributed by atoms with Gasteiger partial charge in [0.2, 0.25) is 0 Å². The third-order valence-corrected chi connectivity index (χ3v) is 2.89. The molecule has 0 unspecified atom stereocenters. The monoisotopic (exact) mass is 305 g/mol. The zero-order valence-corrected chi connectivity index (χ0v) is 12.6. The van der Waals surface area contributed by atoms with Crippen LogP contribution >= 0.6 is 0 Å². The van der Waals surface area contributed by atoms with Crippen molar-refractivity contribution in [3.05, 3.63) is 42.2 Å². The summed E-state index contributed by atoms with van der Waals surface area (Å²) in [5.74, 6) is 1.23. The molecule has 0 radical (unpaired) electrons. The van der Waals surface area contributed by atoms with E-state index in [2.05, 4.69) is 10.4 Å². The van der Waals surface area contributed by atoms with Crippen LogP contribution in [-0.2, 0) is 11.5 Å². The SMILES string of the molecule is COCCNC(=O)c1ccn(COc2ccc(OC)cc2)n1. The van der Waals surface area contributed by atoms with Crippen molar-refractivity contribution in [2.45, 2.75) is 6.73 Å². The molecule has 7 nitrogen and oxygen atoms in total. The fourth-order valence-corrected chi connectivity index (χ4v) is 1.72. The van der Waals surface area contributed by atoms with E-state index in [0.717, 1.165) is 5.75 Å². The molecule has 0 bridgehead atoms. The molecule has 0 spiro atoms. The van der Waals surface area contributed by atoms with Gasteiger partial charge in [0.25, 0.3) is 5.91 Å². The van der Waals surface area contributed by atoms with Crippen molar-refractivity contribution in [2.75, 3.05) is 27.4 Å². The van der Waals surface area contributed by atoms with Crippen LogP contribution in [0.4, 0.5) is 0 Å². The molecule has 1 N–H and O–H groups in total. The number of hydrogen-bond donors (Lipinski definition) is 1. The molecular formula is C15H19N3O4. The number of nitrogens with zero attached hydrogens (tertiary/aromatic N) is 2. The Morgan fingerprint density at radius 1 is 1.18 bits per heavy atom. The van der Waals surface area contributed by atoms with Crippen molar-refractivity contribution in [3.8, 4) is 11.5 Å². The third kappa shape index (κ3) is 4.49. The van der Waals surface area contributed by atoms with Crippen LogP contribution in [0.1, 0.15) is 10.5 Å². The molecule has 1 aromatic heterocycles. The number of nitrogens with one attached hydrogen (secondary N) is 1. The Labute approximate surface area is 128 Å². The van der Waals surface area contributed by atoms with E-state index < -0.39 is 0 Å². The van der Waals surface area contributed by atoms with Crippen molar-refractivity contribution in [3.63, 3.8) is 0 Å². The zero-order chi connectivity index (χ0) is 15.8. The molecule has 0 saturated carbocycles. The molecule has 2 aromatic rings. The van der Waals surface area contributed by atoms with Gasteiger partial charge in [0.05, 0.1) is 13.7 Å². The summed E-state index contributed by atoms with van der Waals surface area (Å²) in [7, 11) is 3.19. The van der Waals surface area contributed by atoms with Crippen molar-refractivity contribution in [2.24, 2.45) is 0 Å². The summed E-state index contributed by atoms with van der Waals surface area (Å²) >= 11 is 0. The summed E-state index contributed by atoms with van der Waals surface area (Å²) in [6, 6.07) is 8.88. The number of benzene rings is 1. The molecule has 1 amide bonds. The molecule has 7 heteroatoms. The van der Waals surface area contributed by atoms with Gasteiger partial charge in [-0.05, 0) is 30.3 Å². The summed E-state index contributed by atoms with van der Waals surface area (Å²) in [6.07, 6.45) is 1.69. The first-order valence-electron chi connectivity index (χ1n) is 6.80. The highest BCUT2D eigenvalue weighted by Gasteiger charge is 2.08. The van der Waals surface area contributed by atoms with Crippen molar-refractivity contribution < 1.29 is 19.0 Å². The molecule has 0 aliphatic carbocycles. The van der Waals surface area contributed by atoms with Crippen LogP contribution in [0.3, 0.4) is 0 Å². The second kappa shape index (κ2) is 8.04. The lowest BCUT2D eigenvalue weighted by Gasteiger charge is -2.07. The Hall–Kier alpha value is -2.54. The van der Waals surface area contributed by atoms with E-state index in [4.69, 9.17) is 14.2 Å². The molecule has 0 aliphatic heterocycles. The first-order chi connectivity index (χ1) is 10.7. The van der Waals surface area contributed by atoms with Gasteiger partial charge in [-0.25, -0.2) is 4.68 Å². The van der Waals surface area contributed by atoms with Crippen LogP contribution in [0.2, 0.25) is 0 Å². The van der Waals surface area contributed by atoms with Gasteiger partial charge in [-0.2, -0.15) is 5.10 Å². The lowest BCUT2D eigenvalue weighted by Crippen LogP contribution is -2.27. The fraction of sp³-hybridized carbons (Fsp3) is 0.333. The van der Waals surface area contributed by atoms with E-state index in [1.165, 1.54) is 0 Å². The molecular weight excluding hydrogens is 286 g/mol. The highest BCUT2D eigenvalue weighted by molar-refractivity contribution is 5.92. The number of aromatic nitrogens is 2. The van der Waals surface area contributed by atoms with E-state index in [-0.39, 0.29) is 12.6 Å². The van der Waals surface area contributed by atoms with E-state index in [1.54, 1.807) is 43.3 Å². The molecule has 118 valence electrons. The quantitative estimate of drug-likeness (QED) is 0.744. The largest absolute Gasteiger partial charge is 0.497 e. The molecule has 2 rings (SSSR count). The fourth-order valence-electron chi connectivity index (χ4n) is 1.72. The van der Waals surface area contributed by atoms with E-state index in [9.17, 15) is 4.79 Å². The molecule has 0 aliphatic rings. The Morgan fingerprint density at radius 2 is 1.91 bits per heavy atom. The second-order valence-corrected chi connectivity index (χ2v) is 4.44. The highest BCUT2D eigenvalue weighted by atomic mass is 16.5. The lowest BCUT2D eigenvalue weighted by atomic mass is 10.3. The Balaban J connectivity index is 1.84. The molecule has 22 heavy (non-hydrogen) atoms. The minimum atomic E-state index is -0.236. The first-order valence-corrected chi connectivity index (χ1v) is 6.80. The molecule has 1 aromatic carbocycles. The smallest absolute Gasteiger partial charge is 0.271 e. The van der Waals surface area contributed by atoms with E-state index in [1.807, 2.05) is 12.1 Å². The van der Waals surface area contributed by atoms with Crippen LogP contribution < -0.4 is 14.8 Å². The zero-order valence-electron chi connectivity index (χ0n) is 12.6. The van der Waals surface area contributed by atoms with Gasteiger partial charge in [-0.1, -0.05) is 0 Å². The van der Waals surface area contributed by atoms with Crippen molar-refractivity contribution in [1.82, 2.24) is 15.1 Å². The third-order valence-electron chi connectivity index (χ3n) is 2.89. The van der Waals surface area contributed by atoms with Crippen LogP contribution in [0.5, 0.6) is 11.5 Å². The number of hydrogen-bond acceptors (Lipinski definition) is 5. The average Bonchev–Trinajstić information content (AvgIpc) is 3.02. The van der Waals surface area contributed by atoms with Crippen LogP contribution in [0, 0.1) is 0 Å². The molecule has 1 heterocycles. The Kier molecular flexibility index (Phi) is 5.79. The maximum Gasteiger partial charge on any atom is 0.271 e. The molecule has 0 fully saturated rings. The Morgan fingerprint density at radius 3 is 2.59 bits per heavy atom. The molecule has 0 atom stereocenters. The first kappa shape index (κ1) is 15.8. The minimum Gasteiger partial charge on any atom is -0.497 e. The number of carbonyl (C=O) groups is 1. The summed E-state index contributed by atoms with van der Waals surface area (Å²) in [6.45, 7) is 1.13.